The number of piperazine rings is 1. The third-order valence-corrected chi connectivity index (χ3v) is 3.02. The highest BCUT2D eigenvalue weighted by atomic mass is 19.1. The van der Waals surface area contributed by atoms with Crippen molar-refractivity contribution < 1.29 is 18.7 Å². The first-order valence-corrected chi connectivity index (χ1v) is 6.81. The molecule has 0 bridgehead atoms. The van der Waals surface area contributed by atoms with Crippen LogP contribution < -0.4 is 4.90 Å². The summed E-state index contributed by atoms with van der Waals surface area (Å²) in [4.78, 5) is 26.8. The van der Waals surface area contributed by atoms with Gasteiger partial charge in [0.05, 0.1) is 5.69 Å². The highest BCUT2D eigenvalue weighted by Crippen LogP contribution is 2.21. The van der Waals surface area contributed by atoms with E-state index in [0.29, 0.717) is 6.54 Å². The maximum Gasteiger partial charge on any atom is 0.410 e. The molecule has 1 aliphatic rings. The van der Waals surface area contributed by atoms with Crippen LogP contribution in [0.4, 0.5) is 14.9 Å². The number of amides is 2. The lowest BCUT2D eigenvalue weighted by molar-refractivity contribution is -0.121. The molecule has 1 saturated heterocycles. The van der Waals surface area contributed by atoms with Gasteiger partial charge < -0.3 is 9.64 Å². The summed E-state index contributed by atoms with van der Waals surface area (Å²) in [6, 6.07) is 6.10. The van der Waals surface area contributed by atoms with Crippen molar-refractivity contribution in [3.8, 4) is 0 Å². The molecule has 2 rings (SSSR count). The molecule has 2 amide bonds. The average molecular weight is 294 g/mol. The van der Waals surface area contributed by atoms with Crippen molar-refractivity contribution in [2.24, 2.45) is 0 Å². The Morgan fingerprint density at radius 3 is 2.48 bits per heavy atom. The Morgan fingerprint density at radius 1 is 1.24 bits per heavy atom. The number of para-hydroxylation sites is 1. The highest BCUT2D eigenvalue weighted by Gasteiger charge is 2.31. The van der Waals surface area contributed by atoms with Crippen molar-refractivity contribution >= 4 is 17.7 Å². The van der Waals surface area contributed by atoms with Gasteiger partial charge in [-0.2, -0.15) is 0 Å². The van der Waals surface area contributed by atoms with Crippen molar-refractivity contribution in [2.75, 3.05) is 24.5 Å². The lowest BCUT2D eigenvalue weighted by Gasteiger charge is -2.35. The Bertz CT molecular complexity index is 554. The van der Waals surface area contributed by atoms with E-state index < -0.39 is 17.5 Å². The van der Waals surface area contributed by atoms with Gasteiger partial charge >= 0.3 is 6.09 Å². The van der Waals surface area contributed by atoms with Crippen LogP contribution in [0.15, 0.2) is 24.3 Å². The summed E-state index contributed by atoms with van der Waals surface area (Å²) in [6.45, 7) is 5.75. The largest absolute Gasteiger partial charge is 0.444 e. The van der Waals surface area contributed by atoms with Crippen molar-refractivity contribution in [2.45, 2.75) is 26.4 Å². The number of carbonyl (C=O) groups is 2. The molecule has 0 spiro atoms. The van der Waals surface area contributed by atoms with E-state index in [0.717, 1.165) is 0 Å². The molecule has 1 fully saturated rings. The van der Waals surface area contributed by atoms with Crippen LogP contribution in [0.5, 0.6) is 0 Å². The molecule has 0 saturated carbocycles. The molecule has 0 radical (unpaired) electrons. The molecule has 5 nitrogen and oxygen atoms in total. The number of hydrogen-bond acceptors (Lipinski definition) is 3. The summed E-state index contributed by atoms with van der Waals surface area (Å²) in [5.74, 6) is -0.770. The van der Waals surface area contributed by atoms with Gasteiger partial charge in [0.1, 0.15) is 18.0 Å². The molecule has 1 aliphatic heterocycles. The lowest BCUT2D eigenvalue weighted by atomic mass is 10.2. The van der Waals surface area contributed by atoms with Gasteiger partial charge in [-0.1, -0.05) is 12.1 Å². The Balaban J connectivity index is 2.05. The summed E-state index contributed by atoms with van der Waals surface area (Å²) in [6.07, 6.45) is -0.524. The zero-order valence-corrected chi connectivity index (χ0v) is 12.4. The Kier molecular flexibility index (Phi) is 4.16. The molecule has 0 aromatic heterocycles. The first-order chi connectivity index (χ1) is 9.78. The average Bonchev–Trinajstić information content (AvgIpc) is 2.38. The summed E-state index contributed by atoms with van der Waals surface area (Å²) >= 11 is 0. The zero-order chi connectivity index (χ0) is 15.6. The third kappa shape index (κ3) is 3.71. The van der Waals surface area contributed by atoms with Crippen LogP contribution in [0.1, 0.15) is 20.8 Å². The SMILES string of the molecule is CC(C)(C)OC(=O)N1CCN(c2ccccc2F)C(=O)C1. The number of nitrogens with zero attached hydrogens (tertiary/aromatic N) is 2. The van der Waals surface area contributed by atoms with Crippen LogP contribution in [0.3, 0.4) is 0 Å². The molecule has 6 heteroatoms. The van der Waals surface area contributed by atoms with Gasteiger partial charge in [-0.05, 0) is 32.9 Å². The van der Waals surface area contributed by atoms with Gasteiger partial charge in [0.25, 0.3) is 0 Å². The second kappa shape index (κ2) is 5.71. The van der Waals surface area contributed by atoms with Crippen molar-refractivity contribution in [1.82, 2.24) is 4.90 Å². The van der Waals surface area contributed by atoms with E-state index in [-0.39, 0.29) is 24.7 Å². The van der Waals surface area contributed by atoms with Gasteiger partial charge in [-0.3, -0.25) is 9.69 Å². The van der Waals surface area contributed by atoms with E-state index in [1.54, 1.807) is 39.0 Å². The molecule has 1 aromatic carbocycles. The second-order valence-corrected chi connectivity index (χ2v) is 5.90. The molecular formula is C15H19FN2O3. The molecule has 21 heavy (non-hydrogen) atoms. The maximum atomic E-state index is 13.7. The van der Waals surface area contributed by atoms with E-state index in [1.165, 1.54) is 15.9 Å². The molecule has 0 N–H and O–H groups in total. The predicted octanol–water partition coefficient (Wildman–Crippen LogP) is 2.41. The van der Waals surface area contributed by atoms with Gasteiger partial charge in [0.2, 0.25) is 5.91 Å². The Hall–Kier alpha value is -2.11. The van der Waals surface area contributed by atoms with Crippen LogP contribution in [0.25, 0.3) is 0 Å². The van der Waals surface area contributed by atoms with Crippen LogP contribution in [0.2, 0.25) is 0 Å². The molecular weight excluding hydrogens is 275 g/mol. The minimum Gasteiger partial charge on any atom is -0.444 e. The number of hydrogen-bond donors (Lipinski definition) is 0. The number of ether oxygens (including phenoxy) is 1. The van der Waals surface area contributed by atoms with E-state index >= 15 is 0 Å². The number of benzene rings is 1. The van der Waals surface area contributed by atoms with Crippen molar-refractivity contribution in [3.63, 3.8) is 0 Å². The normalized spacial score (nSPS) is 16.1. The smallest absolute Gasteiger partial charge is 0.410 e. The van der Waals surface area contributed by atoms with Crippen LogP contribution in [-0.2, 0) is 9.53 Å². The molecule has 0 atom stereocenters. The number of rotatable bonds is 1. The summed E-state index contributed by atoms with van der Waals surface area (Å²) in [5, 5.41) is 0. The molecule has 0 aliphatic carbocycles. The highest BCUT2D eigenvalue weighted by molar-refractivity contribution is 5.97. The van der Waals surface area contributed by atoms with Gasteiger partial charge in [-0.25, -0.2) is 9.18 Å². The molecule has 1 aromatic rings. The fraction of sp³-hybridized carbons (Fsp3) is 0.467. The van der Waals surface area contributed by atoms with Gasteiger partial charge in [0, 0.05) is 13.1 Å². The fourth-order valence-corrected chi connectivity index (χ4v) is 2.08. The van der Waals surface area contributed by atoms with Crippen molar-refractivity contribution in [3.05, 3.63) is 30.1 Å². The van der Waals surface area contributed by atoms with Crippen LogP contribution in [0, 0.1) is 5.82 Å². The first kappa shape index (κ1) is 15.3. The number of halogens is 1. The van der Waals surface area contributed by atoms with Crippen LogP contribution in [-0.4, -0.2) is 42.1 Å². The summed E-state index contributed by atoms with van der Waals surface area (Å²) < 4.78 is 19.0. The molecule has 0 unspecified atom stereocenters. The Morgan fingerprint density at radius 2 is 1.90 bits per heavy atom. The minimum absolute atomic E-state index is 0.108. The molecule has 1 heterocycles. The van der Waals surface area contributed by atoms with E-state index in [1.807, 2.05) is 0 Å². The third-order valence-electron chi connectivity index (χ3n) is 3.02. The second-order valence-electron chi connectivity index (χ2n) is 5.90. The first-order valence-electron chi connectivity index (χ1n) is 6.81. The number of carbonyl (C=O) groups excluding carboxylic acids is 2. The quantitative estimate of drug-likeness (QED) is 0.799. The van der Waals surface area contributed by atoms with E-state index in [2.05, 4.69) is 0 Å². The standard InChI is InChI=1S/C15H19FN2O3/c1-15(2,3)21-14(20)17-8-9-18(13(19)10-17)12-7-5-4-6-11(12)16/h4-7H,8-10H2,1-3H3. The van der Waals surface area contributed by atoms with Crippen molar-refractivity contribution in [1.29, 1.82) is 0 Å². The summed E-state index contributed by atoms with van der Waals surface area (Å²) in [7, 11) is 0. The minimum atomic E-state index is -0.608. The zero-order valence-electron chi connectivity index (χ0n) is 12.4. The topological polar surface area (TPSA) is 49.9 Å². The van der Waals surface area contributed by atoms with Gasteiger partial charge in [-0.15, -0.1) is 0 Å². The number of anilines is 1. The van der Waals surface area contributed by atoms with E-state index in [4.69, 9.17) is 4.74 Å². The summed E-state index contributed by atoms with van der Waals surface area (Å²) in [5.41, 5.74) is -0.366. The maximum absolute atomic E-state index is 13.7. The Labute approximate surface area is 123 Å². The van der Waals surface area contributed by atoms with E-state index in [9.17, 15) is 14.0 Å². The van der Waals surface area contributed by atoms with Gasteiger partial charge in [0.15, 0.2) is 0 Å². The monoisotopic (exact) mass is 294 g/mol. The lowest BCUT2D eigenvalue weighted by Crippen LogP contribution is -2.53. The van der Waals surface area contributed by atoms with Crippen LogP contribution >= 0.6 is 0 Å². The predicted molar refractivity (Wildman–Crippen MR) is 76.6 cm³/mol. The molecule has 114 valence electrons. The fourth-order valence-electron chi connectivity index (χ4n) is 2.08.